The van der Waals surface area contributed by atoms with E-state index in [0.29, 0.717) is 12.4 Å². The van der Waals surface area contributed by atoms with Crippen molar-refractivity contribution in [2.45, 2.75) is 18.9 Å². The number of amides is 1. The van der Waals surface area contributed by atoms with Crippen molar-refractivity contribution in [3.05, 3.63) is 36.9 Å². The number of carbonyl (C=O) groups excluding carboxylic acids is 1. The Morgan fingerprint density at radius 2 is 2.16 bits per heavy atom. The van der Waals surface area contributed by atoms with Gasteiger partial charge in [0.1, 0.15) is 6.10 Å². The number of hydrogen-bond acceptors (Lipinski definition) is 4. The van der Waals surface area contributed by atoms with Crippen molar-refractivity contribution in [3.63, 3.8) is 0 Å². The molecule has 3 rings (SSSR count). The van der Waals surface area contributed by atoms with Gasteiger partial charge in [-0.3, -0.25) is 4.79 Å². The smallest absolute Gasteiger partial charge is 0.253 e. The first-order valence-corrected chi connectivity index (χ1v) is 6.24. The molecule has 1 saturated heterocycles. The van der Waals surface area contributed by atoms with E-state index >= 15 is 0 Å². The first-order valence-electron chi connectivity index (χ1n) is 6.24. The lowest BCUT2D eigenvalue weighted by Crippen LogP contribution is -2.26. The molecule has 1 fully saturated rings. The van der Waals surface area contributed by atoms with Gasteiger partial charge >= 0.3 is 0 Å². The Hall–Kier alpha value is -2.14. The van der Waals surface area contributed by atoms with Crippen molar-refractivity contribution < 1.29 is 13.9 Å². The summed E-state index contributed by atoms with van der Waals surface area (Å²) in [6.45, 7) is 0.669. The molecule has 0 radical (unpaired) electrons. The zero-order valence-corrected chi connectivity index (χ0v) is 10.3. The fourth-order valence-electron chi connectivity index (χ4n) is 2.08. The molecule has 0 aliphatic carbocycles. The molecular weight excluding hydrogens is 244 g/mol. The largest absolute Gasteiger partial charge is 0.444 e. The average molecular weight is 258 g/mol. The molecule has 1 aliphatic rings. The van der Waals surface area contributed by atoms with E-state index in [9.17, 15) is 4.79 Å². The highest BCUT2D eigenvalue weighted by Crippen LogP contribution is 2.21. The summed E-state index contributed by atoms with van der Waals surface area (Å²) in [7, 11) is 0. The third-order valence-corrected chi connectivity index (χ3v) is 3.09. The highest BCUT2D eigenvalue weighted by molar-refractivity contribution is 5.94. The van der Waals surface area contributed by atoms with Crippen LogP contribution in [0.25, 0.3) is 11.3 Å². The Balaban J connectivity index is 1.67. The second kappa shape index (κ2) is 5.24. The predicted molar refractivity (Wildman–Crippen MR) is 69.5 cm³/mol. The van der Waals surface area contributed by atoms with Crippen molar-refractivity contribution in [2.75, 3.05) is 11.9 Å². The maximum atomic E-state index is 11.9. The molecule has 1 amide bonds. The van der Waals surface area contributed by atoms with E-state index < -0.39 is 0 Å². The van der Waals surface area contributed by atoms with E-state index in [1.54, 1.807) is 6.20 Å². The van der Waals surface area contributed by atoms with Crippen LogP contribution in [-0.4, -0.2) is 23.6 Å². The van der Waals surface area contributed by atoms with Gasteiger partial charge < -0.3 is 14.5 Å². The van der Waals surface area contributed by atoms with Crippen LogP contribution in [-0.2, 0) is 9.53 Å². The fraction of sp³-hybridized carbons (Fsp3) is 0.286. The fourth-order valence-corrected chi connectivity index (χ4v) is 2.08. The minimum Gasteiger partial charge on any atom is -0.444 e. The molecule has 0 spiro atoms. The Kier molecular flexibility index (Phi) is 3.29. The first kappa shape index (κ1) is 11.9. The van der Waals surface area contributed by atoms with Gasteiger partial charge in [-0.15, -0.1) is 0 Å². The van der Waals surface area contributed by atoms with Crippen molar-refractivity contribution in [3.8, 4) is 11.3 Å². The molecule has 0 saturated carbocycles. The Morgan fingerprint density at radius 1 is 1.32 bits per heavy atom. The number of nitrogens with one attached hydrogen (secondary N) is 1. The third kappa shape index (κ3) is 2.66. The number of oxazole rings is 1. The van der Waals surface area contributed by atoms with Gasteiger partial charge in [-0.2, -0.15) is 0 Å². The summed E-state index contributed by atoms with van der Waals surface area (Å²) in [6, 6.07) is 7.44. The number of hydrogen-bond donors (Lipinski definition) is 1. The molecule has 98 valence electrons. The summed E-state index contributed by atoms with van der Waals surface area (Å²) in [5.74, 6) is 0.627. The van der Waals surface area contributed by atoms with E-state index in [0.717, 1.165) is 24.1 Å². The number of aromatic nitrogens is 1. The van der Waals surface area contributed by atoms with Gasteiger partial charge in [0.05, 0.1) is 6.20 Å². The highest BCUT2D eigenvalue weighted by atomic mass is 16.5. The van der Waals surface area contributed by atoms with Crippen LogP contribution in [0.1, 0.15) is 12.8 Å². The van der Waals surface area contributed by atoms with Gasteiger partial charge in [0.25, 0.3) is 5.91 Å². The molecule has 1 N–H and O–H groups in total. The Bertz CT molecular complexity index is 543. The molecule has 0 bridgehead atoms. The summed E-state index contributed by atoms with van der Waals surface area (Å²) >= 11 is 0. The minimum absolute atomic E-state index is 0.0788. The lowest BCUT2D eigenvalue weighted by Gasteiger charge is -2.10. The quantitative estimate of drug-likeness (QED) is 0.918. The van der Waals surface area contributed by atoms with Crippen molar-refractivity contribution >= 4 is 11.6 Å². The number of nitrogens with zero attached hydrogens (tertiary/aromatic N) is 1. The Morgan fingerprint density at radius 3 is 2.79 bits per heavy atom. The lowest BCUT2D eigenvalue weighted by molar-refractivity contribution is -0.124. The number of carbonyl (C=O) groups is 1. The summed E-state index contributed by atoms with van der Waals surface area (Å²) in [5.41, 5.74) is 1.68. The van der Waals surface area contributed by atoms with Crippen LogP contribution in [0.2, 0.25) is 0 Å². The second-order valence-electron chi connectivity index (χ2n) is 4.43. The summed E-state index contributed by atoms with van der Waals surface area (Å²) < 4.78 is 10.5. The normalized spacial score (nSPS) is 18.4. The number of benzene rings is 1. The van der Waals surface area contributed by atoms with Gasteiger partial charge in [0.2, 0.25) is 0 Å². The summed E-state index contributed by atoms with van der Waals surface area (Å²) in [4.78, 5) is 15.7. The molecule has 5 nitrogen and oxygen atoms in total. The molecule has 1 atom stereocenters. The highest BCUT2D eigenvalue weighted by Gasteiger charge is 2.23. The van der Waals surface area contributed by atoms with Crippen LogP contribution in [0.5, 0.6) is 0 Å². The zero-order valence-electron chi connectivity index (χ0n) is 10.3. The minimum atomic E-state index is -0.311. The van der Waals surface area contributed by atoms with Crippen LogP contribution in [0.4, 0.5) is 5.69 Å². The van der Waals surface area contributed by atoms with Crippen LogP contribution in [0.15, 0.2) is 41.3 Å². The van der Waals surface area contributed by atoms with E-state index in [1.807, 2.05) is 24.3 Å². The average Bonchev–Trinajstić information content (AvgIpc) is 3.13. The predicted octanol–water partition coefficient (Wildman–Crippen LogP) is 2.46. The van der Waals surface area contributed by atoms with Gasteiger partial charge in [0, 0.05) is 17.9 Å². The van der Waals surface area contributed by atoms with E-state index in [4.69, 9.17) is 9.15 Å². The molecule has 1 aromatic carbocycles. The Labute approximate surface area is 110 Å². The standard InChI is InChI=1S/C14H14N2O3/c17-14(12-2-1-7-18-12)16-11-5-3-10(4-6-11)13-8-15-9-19-13/h3-6,8-9,12H,1-2,7H2,(H,16,17)/t12-/m0/s1. The van der Waals surface area contributed by atoms with Crippen LogP contribution in [0.3, 0.4) is 0 Å². The van der Waals surface area contributed by atoms with Crippen LogP contribution < -0.4 is 5.32 Å². The molecular formula is C14H14N2O3. The SMILES string of the molecule is O=C(Nc1ccc(-c2cnco2)cc1)[C@@H]1CCCO1. The zero-order chi connectivity index (χ0) is 13.1. The molecule has 5 heteroatoms. The molecule has 0 unspecified atom stereocenters. The lowest BCUT2D eigenvalue weighted by atomic mass is 10.1. The van der Waals surface area contributed by atoms with Gasteiger partial charge in [-0.1, -0.05) is 0 Å². The number of ether oxygens (including phenoxy) is 1. The van der Waals surface area contributed by atoms with Gasteiger partial charge in [-0.25, -0.2) is 4.98 Å². The summed E-state index contributed by atoms with van der Waals surface area (Å²) in [5, 5.41) is 2.85. The summed E-state index contributed by atoms with van der Waals surface area (Å²) in [6.07, 6.45) is 4.47. The van der Waals surface area contributed by atoms with E-state index in [2.05, 4.69) is 10.3 Å². The molecule has 19 heavy (non-hydrogen) atoms. The van der Waals surface area contributed by atoms with Crippen molar-refractivity contribution in [1.82, 2.24) is 4.98 Å². The molecule has 2 heterocycles. The van der Waals surface area contributed by atoms with E-state index in [1.165, 1.54) is 6.39 Å². The van der Waals surface area contributed by atoms with Crippen LogP contribution >= 0.6 is 0 Å². The maximum Gasteiger partial charge on any atom is 0.253 e. The third-order valence-electron chi connectivity index (χ3n) is 3.09. The maximum absolute atomic E-state index is 11.9. The number of rotatable bonds is 3. The molecule has 2 aromatic rings. The first-order chi connectivity index (χ1) is 9.33. The topological polar surface area (TPSA) is 64.4 Å². The van der Waals surface area contributed by atoms with E-state index in [-0.39, 0.29) is 12.0 Å². The van der Waals surface area contributed by atoms with Gasteiger partial charge in [-0.05, 0) is 37.1 Å². The van der Waals surface area contributed by atoms with Crippen molar-refractivity contribution in [2.24, 2.45) is 0 Å². The number of anilines is 1. The second-order valence-corrected chi connectivity index (χ2v) is 4.43. The van der Waals surface area contributed by atoms with Gasteiger partial charge in [0.15, 0.2) is 12.2 Å². The van der Waals surface area contributed by atoms with Crippen molar-refractivity contribution in [1.29, 1.82) is 0 Å². The van der Waals surface area contributed by atoms with Crippen LogP contribution in [0, 0.1) is 0 Å². The molecule has 1 aromatic heterocycles. The monoisotopic (exact) mass is 258 g/mol. The molecule has 1 aliphatic heterocycles.